The summed E-state index contributed by atoms with van der Waals surface area (Å²) in [5.74, 6) is 0. The highest BCUT2D eigenvalue weighted by Crippen LogP contribution is 2.31. The number of terminal acetylenes is 1. The molecular weight excluding hydrogens is 344 g/mol. The lowest BCUT2D eigenvalue weighted by molar-refractivity contribution is 0.605. The number of aromatic nitrogens is 1. The predicted octanol–water partition coefficient (Wildman–Crippen LogP) is 4.98. The maximum Gasteiger partial charge on any atom is 0.251 e. The van der Waals surface area contributed by atoms with Gasteiger partial charge in [0, 0.05) is 11.1 Å². The zero-order chi connectivity index (χ0) is 20.9. The van der Waals surface area contributed by atoms with Crippen LogP contribution in [0, 0.1) is 38.0 Å². The fraction of sp³-hybridized carbons (Fsp3) is 0.280. The largest absolute Gasteiger partial charge is 0.322 e. The number of nitrogens with zero attached hydrogens (tertiary/aromatic N) is 1. The average Bonchev–Trinajstić information content (AvgIpc) is 2.71. The zero-order valence-electron chi connectivity index (χ0n) is 17.0. The lowest BCUT2D eigenvalue weighted by Gasteiger charge is -2.24. The van der Waals surface area contributed by atoms with Crippen LogP contribution in [0.25, 0.3) is 10.9 Å². The second kappa shape index (κ2) is 8.59. The summed E-state index contributed by atoms with van der Waals surface area (Å²) in [7, 11) is 0. The van der Waals surface area contributed by atoms with E-state index in [0.29, 0.717) is 12.8 Å². The summed E-state index contributed by atoms with van der Waals surface area (Å²) in [5.41, 5.74) is 5.43. The number of nitrogens with one attached hydrogen (secondary N) is 1. The number of H-pyrrole nitrogens is 1. The molecule has 0 aliphatic carbocycles. The van der Waals surface area contributed by atoms with Gasteiger partial charge in [0.15, 0.2) is 0 Å². The molecule has 142 valence electrons. The second-order valence-electron chi connectivity index (χ2n) is 7.26. The smallest absolute Gasteiger partial charge is 0.251 e. The van der Waals surface area contributed by atoms with Crippen LogP contribution >= 0.6 is 0 Å². The summed E-state index contributed by atoms with van der Waals surface area (Å²) in [6, 6.07) is 16.6. The van der Waals surface area contributed by atoms with E-state index in [1.807, 2.05) is 44.2 Å². The number of hydrogen-bond donors (Lipinski definition) is 1. The number of aromatic amines is 1. The second-order valence-corrected chi connectivity index (χ2v) is 7.26. The average molecular weight is 370 g/mol. The Morgan fingerprint density at radius 2 is 1.82 bits per heavy atom. The Kier molecular flexibility index (Phi) is 6.45. The van der Waals surface area contributed by atoms with Gasteiger partial charge in [0.25, 0.3) is 5.56 Å². The molecule has 0 saturated heterocycles. The maximum absolute atomic E-state index is 12.1. The van der Waals surface area contributed by atoms with E-state index in [4.69, 9.17) is 0 Å². The molecule has 3 heteroatoms. The SMILES string of the molecule is C#C.CCc1cc2ccc(C(C)(C#N)Cc3cccc(C)c3C)cc2[nH]c1=O. The molecule has 0 saturated carbocycles. The summed E-state index contributed by atoms with van der Waals surface area (Å²) < 4.78 is 0. The molecule has 0 aliphatic heterocycles. The standard InChI is InChI=1S/C23H24N2O.C2H2/c1-5-17-11-18-9-10-20(12-21(18)25-22(17)26)23(4,14-24)13-19-8-6-7-15(2)16(19)3;1-2/h6-12H,5,13H2,1-4H3,(H,25,26);1-2H. The lowest BCUT2D eigenvalue weighted by Crippen LogP contribution is -2.23. The number of rotatable bonds is 4. The van der Waals surface area contributed by atoms with Crippen molar-refractivity contribution in [2.75, 3.05) is 0 Å². The van der Waals surface area contributed by atoms with E-state index < -0.39 is 5.41 Å². The van der Waals surface area contributed by atoms with E-state index >= 15 is 0 Å². The summed E-state index contributed by atoms with van der Waals surface area (Å²) >= 11 is 0. The topological polar surface area (TPSA) is 56.6 Å². The van der Waals surface area contributed by atoms with Gasteiger partial charge < -0.3 is 4.98 Å². The Morgan fingerprint density at radius 1 is 1.11 bits per heavy atom. The monoisotopic (exact) mass is 370 g/mol. The van der Waals surface area contributed by atoms with Crippen molar-refractivity contribution in [3.05, 3.63) is 80.6 Å². The van der Waals surface area contributed by atoms with E-state index in [9.17, 15) is 10.1 Å². The summed E-state index contributed by atoms with van der Waals surface area (Å²) in [6.45, 7) is 8.14. The highest BCUT2D eigenvalue weighted by molar-refractivity contribution is 5.80. The molecular formula is C25H26N2O. The Morgan fingerprint density at radius 3 is 2.46 bits per heavy atom. The minimum absolute atomic E-state index is 0.0506. The Labute approximate surface area is 167 Å². The Hall–Kier alpha value is -3.30. The molecule has 0 fully saturated rings. The van der Waals surface area contributed by atoms with Gasteiger partial charge in [-0.05, 0) is 73.4 Å². The first kappa shape index (κ1) is 21.0. The molecule has 1 heterocycles. The summed E-state index contributed by atoms with van der Waals surface area (Å²) in [5, 5.41) is 10.9. The van der Waals surface area contributed by atoms with Gasteiger partial charge in [0.1, 0.15) is 0 Å². The van der Waals surface area contributed by atoms with Crippen LogP contribution in [0.5, 0.6) is 0 Å². The Balaban J connectivity index is 0.00000136. The van der Waals surface area contributed by atoms with Gasteiger partial charge in [-0.3, -0.25) is 4.79 Å². The van der Waals surface area contributed by atoms with Gasteiger partial charge in [-0.2, -0.15) is 5.26 Å². The van der Waals surface area contributed by atoms with Crippen molar-refractivity contribution < 1.29 is 0 Å². The third-order valence-corrected chi connectivity index (χ3v) is 5.45. The van der Waals surface area contributed by atoms with Crippen LogP contribution in [-0.4, -0.2) is 4.98 Å². The first-order valence-corrected chi connectivity index (χ1v) is 9.34. The molecule has 3 aromatic rings. The minimum atomic E-state index is -0.660. The van der Waals surface area contributed by atoms with Crippen LogP contribution in [0.1, 0.15) is 41.7 Å². The third-order valence-electron chi connectivity index (χ3n) is 5.45. The lowest BCUT2D eigenvalue weighted by atomic mass is 9.77. The van der Waals surface area contributed by atoms with Crippen molar-refractivity contribution in [3.63, 3.8) is 0 Å². The number of hydrogen-bond acceptors (Lipinski definition) is 2. The van der Waals surface area contributed by atoms with Crippen molar-refractivity contribution in [2.45, 2.75) is 46.0 Å². The van der Waals surface area contributed by atoms with Gasteiger partial charge in [-0.25, -0.2) is 0 Å². The molecule has 1 N–H and O–H groups in total. The molecule has 0 amide bonds. The van der Waals surface area contributed by atoms with Crippen LogP contribution in [-0.2, 0) is 18.3 Å². The van der Waals surface area contributed by atoms with E-state index in [2.05, 4.69) is 49.9 Å². The number of nitriles is 1. The molecule has 0 aliphatic rings. The van der Waals surface area contributed by atoms with E-state index in [1.165, 1.54) is 16.7 Å². The van der Waals surface area contributed by atoms with Crippen LogP contribution in [0.2, 0.25) is 0 Å². The zero-order valence-corrected chi connectivity index (χ0v) is 17.0. The third kappa shape index (κ3) is 4.00. The summed E-state index contributed by atoms with van der Waals surface area (Å²) in [4.78, 5) is 15.1. The van der Waals surface area contributed by atoms with Crippen LogP contribution in [0.4, 0.5) is 0 Å². The molecule has 0 radical (unpaired) electrons. The first-order chi connectivity index (χ1) is 13.4. The number of fused-ring (bicyclic) bond motifs is 1. The molecule has 28 heavy (non-hydrogen) atoms. The van der Waals surface area contributed by atoms with E-state index in [1.54, 1.807) is 0 Å². The fourth-order valence-corrected chi connectivity index (χ4v) is 3.44. The molecule has 3 rings (SSSR count). The van der Waals surface area contributed by atoms with Gasteiger partial charge in [-0.15, -0.1) is 12.8 Å². The molecule has 0 bridgehead atoms. The Bertz CT molecular complexity index is 1110. The van der Waals surface area contributed by atoms with Crippen molar-refractivity contribution in [3.8, 4) is 18.9 Å². The minimum Gasteiger partial charge on any atom is -0.322 e. The van der Waals surface area contributed by atoms with E-state index in [-0.39, 0.29) is 5.56 Å². The summed E-state index contributed by atoms with van der Waals surface area (Å²) in [6.07, 6.45) is 9.34. The molecule has 1 unspecified atom stereocenters. The number of pyridine rings is 1. The first-order valence-electron chi connectivity index (χ1n) is 9.34. The van der Waals surface area contributed by atoms with E-state index in [0.717, 1.165) is 22.0 Å². The van der Waals surface area contributed by atoms with Crippen molar-refractivity contribution in [1.29, 1.82) is 5.26 Å². The van der Waals surface area contributed by atoms with Crippen molar-refractivity contribution in [1.82, 2.24) is 4.98 Å². The van der Waals surface area contributed by atoms with Crippen LogP contribution < -0.4 is 5.56 Å². The molecule has 0 spiro atoms. The predicted molar refractivity (Wildman–Crippen MR) is 116 cm³/mol. The quantitative estimate of drug-likeness (QED) is 0.659. The van der Waals surface area contributed by atoms with Gasteiger partial charge >= 0.3 is 0 Å². The highest BCUT2D eigenvalue weighted by atomic mass is 16.1. The van der Waals surface area contributed by atoms with Crippen LogP contribution in [0.3, 0.4) is 0 Å². The molecule has 2 aromatic carbocycles. The van der Waals surface area contributed by atoms with Crippen molar-refractivity contribution in [2.24, 2.45) is 0 Å². The molecule has 3 nitrogen and oxygen atoms in total. The van der Waals surface area contributed by atoms with Crippen molar-refractivity contribution >= 4 is 10.9 Å². The number of benzene rings is 2. The van der Waals surface area contributed by atoms with Gasteiger partial charge in [0.05, 0.1) is 11.5 Å². The van der Waals surface area contributed by atoms with Crippen LogP contribution in [0.15, 0.2) is 47.3 Å². The fourth-order valence-electron chi connectivity index (χ4n) is 3.44. The maximum atomic E-state index is 12.1. The van der Waals surface area contributed by atoms with Gasteiger partial charge in [0.2, 0.25) is 0 Å². The molecule has 1 aromatic heterocycles. The normalized spacial score (nSPS) is 12.5. The number of aryl methyl sites for hydroxylation is 2. The molecule has 1 atom stereocenters. The van der Waals surface area contributed by atoms with Gasteiger partial charge in [-0.1, -0.05) is 37.3 Å². The highest BCUT2D eigenvalue weighted by Gasteiger charge is 2.28.